The zero-order valence-corrected chi connectivity index (χ0v) is 9.98. The minimum absolute atomic E-state index is 0.519. The largest absolute Gasteiger partial charge is 0.380 e. The molecule has 84 valence electrons. The highest BCUT2D eigenvalue weighted by Gasteiger charge is 2.13. The van der Waals surface area contributed by atoms with E-state index in [1.165, 1.54) is 23.5 Å². The van der Waals surface area contributed by atoms with Crippen LogP contribution in [0.2, 0.25) is 0 Å². The number of aryl methyl sites for hydroxylation is 1. The minimum Gasteiger partial charge on any atom is -0.380 e. The van der Waals surface area contributed by atoms with E-state index >= 15 is 0 Å². The van der Waals surface area contributed by atoms with Gasteiger partial charge in [-0.2, -0.15) is 0 Å². The summed E-state index contributed by atoms with van der Waals surface area (Å²) in [6.45, 7) is 4.80. The van der Waals surface area contributed by atoms with E-state index in [9.17, 15) is 0 Å². The lowest BCUT2D eigenvalue weighted by Crippen LogP contribution is -2.36. The number of ether oxygens (including phenoxy) is 1. The topological polar surface area (TPSA) is 34.2 Å². The van der Waals surface area contributed by atoms with Gasteiger partial charge in [0.25, 0.3) is 0 Å². The van der Waals surface area contributed by atoms with Gasteiger partial charge in [-0.1, -0.05) is 6.92 Å². The Morgan fingerprint density at radius 2 is 2.60 bits per heavy atom. The first-order valence-corrected chi connectivity index (χ1v) is 6.51. The van der Waals surface area contributed by atoms with Crippen LogP contribution in [0.5, 0.6) is 0 Å². The molecule has 1 aliphatic heterocycles. The lowest BCUT2D eigenvalue weighted by atomic mass is 10.1. The molecule has 0 saturated carbocycles. The third kappa shape index (κ3) is 3.26. The van der Waals surface area contributed by atoms with E-state index < -0.39 is 0 Å². The second kappa shape index (κ2) is 5.58. The van der Waals surface area contributed by atoms with Crippen LogP contribution in [-0.2, 0) is 17.7 Å². The molecule has 1 N–H and O–H groups in total. The Morgan fingerprint density at radius 1 is 1.67 bits per heavy atom. The van der Waals surface area contributed by atoms with E-state index in [-0.39, 0.29) is 0 Å². The normalized spacial score (nSPS) is 21.8. The molecule has 15 heavy (non-hydrogen) atoms. The first kappa shape index (κ1) is 11.0. The number of rotatable bonds is 4. The van der Waals surface area contributed by atoms with Gasteiger partial charge in [0.2, 0.25) is 0 Å². The highest BCUT2D eigenvalue weighted by atomic mass is 32.1. The predicted molar refractivity (Wildman–Crippen MR) is 62.2 cm³/mol. The van der Waals surface area contributed by atoms with E-state index in [4.69, 9.17) is 4.74 Å². The monoisotopic (exact) mass is 226 g/mol. The minimum atomic E-state index is 0.519. The molecule has 1 unspecified atom stereocenters. The molecule has 1 saturated heterocycles. The van der Waals surface area contributed by atoms with Crippen LogP contribution in [0, 0.1) is 0 Å². The maximum Gasteiger partial charge on any atom is 0.0926 e. The fourth-order valence-corrected chi connectivity index (χ4v) is 2.49. The summed E-state index contributed by atoms with van der Waals surface area (Å²) in [4.78, 5) is 4.53. The average molecular weight is 226 g/mol. The average Bonchev–Trinajstić information content (AvgIpc) is 2.76. The number of hydrogen-bond acceptors (Lipinski definition) is 4. The van der Waals surface area contributed by atoms with E-state index in [1.54, 1.807) is 11.3 Å². The molecular weight excluding hydrogens is 208 g/mol. The number of aromatic nitrogens is 1. The summed E-state index contributed by atoms with van der Waals surface area (Å²) in [6.07, 6.45) is 3.44. The van der Waals surface area contributed by atoms with E-state index in [2.05, 4.69) is 22.6 Å². The Labute approximate surface area is 94.9 Å². The van der Waals surface area contributed by atoms with Gasteiger partial charge in [-0.15, -0.1) is 11.3 Å². The summed E-state index contributed by atoms with van der Waals surface area (Å²) in [5.74, 6) is 0. The van der Waals surface area contributed by atoms with Crippen LogP contribution in [0.15, 0.2) is 5.38 Å². The van der Waals surface area contributed by atoms with Crippen molar-refractivity contribution < 1.29 is 4.74 Å². The third-order valence-electron chi connectivity index (χ3n) is 2.63. The standard InChI is InChI=1S/C11H18N2OS/c1-2-11-13-10(8-15-11)6-12-9-4-3-5-14-7-9/h8-9,12H,2-7H2,1H3. The van der Waals surface area contributed by atoms with E-state index in [1.807, 2.05) is 0 Å². The summed E-state index contributed by atoms with van der Waals surface area (Å²) in [6, 6.07) is 0.519. The SMILES string of the molecule is CCc1nc(CNC2CCCOC2)cs1. The maximum atomic E-state index is 5.42. The third-order valence-corrected chi connectivity index (χ3v) is 3.68. The molecule has 1 fully saturated rings. The number of thiazole rings is 1. The summed E-state index contributed by atoms with van der Waals surface area (Å²) in [5, 5.41) is 6.87. The summed E-state index contributed by atoms with van der Waals surface area (Å²) >= 11 is 1.75. The molecule has 1 aliphatic rings. The zero-order chi connectivity index (χ0) is 10.5. The Morgan fingerprint density at radius 3 is 3.27 bits per heavy atom. The van der Waals surface area contributed by atoms with Crippen molar-refractivity contribution >= 4 is 11.3 Å². The smallest absolute Gasteiger partial charge is 0.0926 e. The molecule has 0 amide bonds. The molecule has 0 aromatic carbocycles. The summed E-state index contributed by atoms with van der Waals surface area (Å²) < 4.78 is 5.42. The fraction of sp³-hybridized carbons (Fsp3) is 0.727. The second-order valence-electron chi connectivity index (χ2n) is 3.88. The fourth-order valence-electron chi connectivity index (χ4n) is 1.74. The van der Waals surface area contributed by atoms with Crippen LogP contribution >= 0.6 is 11.3 Å². The first-order valence-electron chi connectivity index (χ1n) is 5.63. The van der Waals surface area contributed by atoms with Crippen molar-refractivity contribution in [1.29, 1.82) is 0 Å². The van der Waals surface area contributed by atoms with Crippen molar-refractivity contribution in [2.45, 2.75) is 38.8 Å². The highest BCUT2D eigenvalue weighted by molar-refractivity contribution is 7.09. The predicted octanol–water partition coefficient (Wildman–Crippen LogP) is 1.97. The Bertz CT molecular complexity index is 295. The molecule has 3 nitrogen and oxygen atoms in total. The highest BCUT2D eigenvalue weighted by Crippen LogP contribution is 2.11. The Balaban J connectivity index is 1.76. The maximum absolute atomic E-state index is 5.42. The molecule has 0 radical (unpaired) electrons. The van der Waals surface area contributed by atoms with Gasteiger partial charge < -0.3 is 10.1 Å². The van der Waals surface area contributed by atoms with Crippen LogP contribution in [0.25, 0.3) is 0 Å². The van der Waals surface area contributed by atoms with Crippen molar-refractivity contribution in [2.75, 3.05) is 13.2 Å². The summed E-state index contributed by atoms with van der Waals surface area (Å²) in [5.41, 5.74) is 1.17. The van der Waals surface area contributed by atoms with Crippen molar-refractivity contribution in [3.05, 3.63) is 16.1 Å². The van der Waals surface area contributed by atoms with Crippen LogP contribution < -0.4 is 5.32 Å². The summed E-state index contributed by atoms with van der Waals surface area (Å²) in [7, 11) is 0. The number of nitrogens with zero attached hydrogens (tertiary/aromatic N) is 1. The van der Waals surface area contributed by atoms with Gasteiger partial charge in [-0.05, 0) is 19.3 Å². The molecule has 0 bridgehead atoms. The lowest BCUT2D eigenvalue weighted by Gasteiger charge is -2.22. The van der Waals surface area contributed by atoms with Gasteiger partial charge in [0, 0.05) is 24.6 Å². The molecule has 1 atom stereocenters. The Kier molecular flexibility index (Phi) is 4.11. The lowest BCUT2D eigenvalue weighted by molar-refractivity contribution is 0.0698. The van der Waals surface area contributed by atoms with E-state index in [0.29, 0.717) is 6.04 Å². The number of hydrogen-bond donors (Lipinski definition) is 1. The van der Waals surface area contributed by atoms with Gasteiger partial charge in [0.15, 0.2) is 0 Å². The molecular formula is C11H18N2OS. The van der Waals surface area contributed by atoms with Crippen molar-refractivity contribution in [3.8, 4) is 0 Å². The van der Waals surface area contributed by atoms with Crippen LogP contribution in [0.3, 0.4) is 0 Å². The van der Waals surface area contributed by atoms with Crippen LogP contribution in [0.1, 0.15) is 30.5 Å². The quantitative estimate of drug-likeness (QED) is 0.852. The van der Waals surface area contributed by atoms with Gasteiger partial charge in [-0.25, -0.2) is 4.98 Å². The molecule has 4 heteroatoms. The van der Waals surface area contributed by atoms with Crippen molar-refractivity contribution in [3.63, 3.8) is 0 Å². The molecule has 2 rings (SSSR count). The first-order chi connectivity index (χ1) is 7.38. The van der Waals surface area contributed by atoms with Crippen molar-refractivity contribution in [1.82, 2.24) is 10.3 Å². The second-order valence-corrected chi connectivity index (χ2v) is 4.82. The van der Waals surface area contributed by atoms with Gasteiger partial charge in [0.05, 0.1) is 17.3 Å². The van der Waals surface area contributed by atoms with Crippen molar-refractivity contribution in [2.24, 2.45) is 0 Å². The molecule has 0 aliphatic carbocycles. The van der Waals surface area contributed by atoms with Gasteiger partial charge >= 0.3 is 0 Å². The molecule has 1 aromatic rings. The van der Waals surface area contributed by atoms with Gasteiger partial charge in [-0.3, -0.25) is 0 Å². The van der Waals surface area contributed by atoms with Gasteiger partial charge in [0.1, 0.15) is 0 Å². The van der Waals surface area contributed by atoms with Crippen LogP contribution in [0.4, 0.5) is 0 Å². The number of nitrogens with one attached hydrogen (secondary N) is 1. The zero-order valence-electron chi connectivity index (χ0n) is 9.16. The molecule has 2 heterocycles. The molecule has 0 spiro atoms. The van der Waals surface area contributed by atoms with E-state index in [0.717, 1.165) is 26.2 Å². The Hall–Kier alpha value is -0.450. The molecule has 1 aromatic heterocycles. The van der Waals surface area contributed by atoms with Crippen LogP contribution in [-0.4, -0.2) is 24.2 Å².